The first kappa shape index (κ1) is 17.2. The monoisotopic (exact) mass is 312 g/mol. The van der Waals surface area contributed by atoms with E-state index in [0.29, 0.717) is 23.4 Å². The van der Waals surface area contributed by atoms with Crippen LogP contribution in [0.25, 0.3) is 0 Å². The summed E-state index contributed by atoms with van der Waals surface area (Å²) >= 11 is 0. The molecule has 7 heteroatoms. The van der Waals surface area contributed by atoms with E-state index in [1.165, 1.54) is 6.07 Å². The van der Waals surface area contributed by atoms with Crippen molar-refractivity contribution in [1.82, 2.24) is 5.32 Å². The van der Waals surface area contributed by atoms with Crippen LogP contribution in [0.3, 0.4) is 0 Å². The average molecular weight is 312 g/mol. The molecular formula is C14H20N2O4S. The molecule has 2 amide bonds. The zero-order chi connectivity index (χ0) is 16.0. The molecule has 1 aromatic rings. The molecule has 0 aliphatic rings. The molecule has 1 aromatic carbocycles. The van der Waals surface area contributed by atoms with Crippen molar-refractivity contribution >= 4 is 28.5 Å². The molecule has 0 saturated carbocycles. The van der Waals surface area contributed by atoms with Gasteiger partial charge in [-0.25, -0.2) is 9.59 Å². The van der Waals surface area contributed by atoms with Crippen molar-refractivity contribution in [1.29, 1.82) is 0 Å². The van der Waals surface area contributed by atoms with Gasteiger partial charge < -0.3 is 15.7 Å². The van der Waals surface area contributed by atoms with E-state index in [4.69, 9.17) is 5.11 Å². The number of hydrogen-bond donors (Lipinski definition) is 3. The van der Waals surface area contributed by atoms with Crippen LogP contribution in [0.2, 0.25) is 0 Å². The Balaban J connectivity index is 2.61. The molecule has 0 spiro atoms. The molecule has 0 radical (unpaired) electrons. The minimum absolute atomic E-state index is 0.113. The predicted octanol–water partition coefficient (Wildman–Crippen LogP) is 1.97. The minimum Gasteiger partial charge on any atom is -0.478 e. The maximum atomic E-state index is 11.8. The summed E-state index contributed by atoms with van der Waals surface area (Å²) in [5.41, 5.74) is 1.20. The summed E-state index contributed by atoms with van der Waals surface area (Å²) in [7, 11) is -0.887. The number of aryl methyl sites for hydroxylation is 1. The summed E-state index contributed by atoms with van der Waals surface area (Å²) in [6.07, 6.45) is 2.23. The standard InChI is InChI=1S/C14H20N2O4S/c1-9-4-5-11(8-12(9)13(17)18)16-14(19)15-10(2)6-7-21(3)20/h4-5,8,10H,6-7H2,1-3H3,(H,17,18)(H2,15,16,19). The number of rotatable bonds is 6. The van der Waals surface area contributed by atoms with Gasteiger partial charge in [-0.2, -0.15) is 0 Å². The summed E-state index contributed by atoms with van der Waals surface area (Å²) in [6, 6.07) is 4.18. The van der Waals surface area contributed by atoms with E-state index in [-0.39, 0.29) is 11.6 Å². The number of benzene rings is 1. The molecule has 0 heterocycles. The van der Waals surface area contributed by atoms with Crippen molar-refractivity contribution in [2.45, 2.75) is 26.3 Å². The number of anilines is 1. The molecule has 0 aromatic heterocycles. The molecule has 1 rings (SSSR count). The second-order valence-corrected chi connectivity index (χ2v) is 6.45. The van der Waals surface area contributed by atoms with E-state index in [2.05, 4.69) is 10.6 Å². The van der Waals surface area contributed by atoms with Crippen molar-refractivity contribution < 1.29 is 18.9 Å². The van der Waals surface area contributed by atoms with Crippen LogP contribution in [0.5, 0.6) is 0 Å². The highest BCUT2D eigenvalue weighted by molar-refractivity contribution is 7.84. The van der Waals surface area contributed by atoms with Gasteiger partial charge in [0.15, 0.2) is 0 Å². The number of aromatic carboxylic acids is 1. The lowest BCUT2D eigenvalue weighted by atomic mass is 10.1. The number of amides is 2. The van der Waals surface area contributed by atoms with Gasteiger partial charge in [0, 0.05) is 34.5 Å². The molecule has 116 valence electrons. The van der Waals surface area contributed by atoms with Crippen molar-refractivity contribution in [2.75, 3.05) is 17.3 Å². The molecule has 2 unspecified atom stereocenters. The van der Waals surface area contributed by atoms with E-state index in [9.17, 15) is 13.8 Å². The normalized spacial score (nSPS) is 13.3. The van der Waals surface area contributed by atoms with Gasteiger partial charge in [0.1, 0.15) is 0 Å². The van der Waals surface area contributed by atoms with Crippen LogP contribution in [0.15, 0.2) is 18.2 Å². The Morgan fingerprint density at radius 1 is 1.38 bits per heavy atom. The van der Waals surface area contributed by atoms with Crippen molar-refractivity contribution in [3.05, 3.63) is 29.3 Å². The van der Waals surface area contributed by atoms with Crippen LogP contribution in [0.1, 0.15) is 29.3 Å². The van der Waals surface area contributed by atoms with Gasteiger partial charge in [0.25, 0.3) is 0 Å². The zero-order valence-corrected chi connectivity index (χ0v) is 13.1. The lowest BCUT2D eigenvalue weighted by Gasteiger charge is -2.14. The highest BCUT2D eigenvalue weighted by Crippen LogP contribution is 2.15. The molecule has 3 N–H and O–H groups in total. The summed E-state index contributed by atoms with van der Waals surface area (Å²) in [4.78, 5) is 22.8. The molecule has 6 nitrogen and oxygen atoms in total. The second kappa shape index (κ2) is 7.78. The van der Waals surface area contributed by atoms with Gasteiger partial charge in [0.05, 0.1) is 5.56 Å². The second-order valence-electron chi connectivity index (χ2n) is 4.90. The van der Waals surface area contributed by atoms with Gasteiger partial charge in [-0.05, 0) is 38.0 Å². The third-order valence-corrected chi connectivity index (χ3v) is 3.75. The van der Waals surface area contributed by atoms with Gasteiger partial charge in [0.2, 0.25) is 0 Å². The smallest absolute Gasteiger partial charge is 0.336 e. The fraction of sp³-hybridized carbons (Fsp3) is 0.429. The topological polar surface area (TPSA) is 95.5 Å². The molecule has 0 saturated heterocycles. The molecule has 0 aliphatic heterocycles. The van der Waals surface area contributed by atoms with Crippen LogP contribution in [-0.4, -0.2) is 39.4 Å². The number of hydrogen-bond acceptors (Lipinski definition) is 3. The minimum atomic E-state index is -1.03. The van der Waals surface area contributed by atoms with E-state index in [1.807, 2.05) is 6.92 Å². The average Bonchev–Trinajstić information content (AvgIpc) is 2.38. The van der Waals surface area contributed by atoms with Gasteiger partial charge in [-0.15, -0.1) is 0 Å². The fourth-order valence-corrected chi connectivity index (χ4v) is 2.42. The summed E-state index contributed by atoms with van der Waals surface area (Å²) < 4.78 is 11.0. The fourth-order valence-electron chi connectivity index (χ4n) is 1.74. The van der Waals surface area contributed by atoms with Crippen LogP contribution in [0.4, 0.5) is 10.5 Å². The van der Waals surface area contributed by atoms with Gasteiger partial charge in [-0.3, -0.25) is 4.21 Å². The lowest BCUT2D eigenvalue weighted by Crippen LogP contribution is -2.36. The Kier molecular flexibility index (Phi) is 6.36. The number of carboxylic acid groups (broad SMARTS) is 1. The maximum Gasteiger partial charge on any atom is 0.336 e. The SMILES string of the molecule is Cc1ccc(NC(=O)NC(C)CCS(C)=O)cc1C(=O)O. The highest BCUT2D eigenvalue weighted by atomic mass is 32.2. The molecule has 0 aliphatic carbocycles. The van der Waals surface area contributed by atoms with E-state index >= 15 is 0 Å². The lowest BCUT2D eigenvalue weighted by molar-refractivity contribution is 0.0696. The third-order valence-electron chi connectivity index (χ3n) is 2.94. The number of carbonyl (C=O) groups excluding carboxylic acids is 1. The van der Waals surface area contributed by atoms with E-state index in [1.54, 1.807) is 25.3 Å². The number of carbonyl (C=O) groups is 2. The Bertz CT molecular complexity index is 560. The number of nitrogens with one attached hydrogen (secondary N) is 2. The highest BCUT2D eigenvalue weighted by Gasteiger charge is 2.11. The Labute approximate surface area is 126 Å². The predicted molar refractivity (Wildman–Crippen MR) is 83.3 cm³/mol. The third kappa shape index (κ3) is 5.95. The van der Waals surface area contributed by atoms with Crippen molar-refractivity contribution in [3.8, 4) is 0 Å². The first-order valence-corrected chi connectivity index (χ1v) is 8.23. The molecule has 0 fully saturated rings. The first-order valence-electron chi connectivity index (χ1n) is 6.51. The van der Waals surface area contributed by atoms with Crippen molar-refractivity contribution in [3.63, 3.8) is 0 Å². The number of carboxylic acids is 1. The number of urea groups is 1. The van der Waals surface area contributed by atoms with Crippen molar-refractivity contribution in [2.24, 2.45) is 0 Å². The first-order chi connectivity index (χ1) is 9.79. The summed E-state index contributed by atoms with van der Waals surface area (Å²) in [6.45, 7) is 3.52. The summed E-state index contributed by atoms with van der Waals surface area (Å²) in [5, 5.41) is 14.3. The molecule has 21 heavy (non-hydrogen) atoms. The Morgan fingerprint density at radius 2 is 2.05 bits per heavy atom. The Hall–Kier alpha value is -1.89. The van der Waals surface area contributed by atoms with Crippen LogP contribution in [0, 0.1) is 6.92 Å². The van der Waals surface area contributed by atoms with Crippen LogP contribution < -0.4 is 10.6 Å². The molecule has 0 bridgehead atoms. The van der Waals surface area contributed by atoms with E-state index in [0.717, 1.165) is 0 Å². The zero-order valence-electron chi connectivity index (χ0n) is 12.3. The summed E-state index contributed by atoms with van der Waals surface area (Å²) in [5.74, 6) is -0.509. The van der Waals surface area contributed by atoms with Crippen LogP contribution >= 0.6 is 0 Å². The maximum absolute atomic E-state index is 11.8. The van der Waals surface area contributed by atoms with Gasteiger partial charge in [-0.1, -0.05) is 6.07 Å². The molecular weight excluding hydrogens is 292 g/mol. The molecule has 2 atom stereocenters. The Morgan fingerprint density at radius 3 is 2.62 bits per heavy atom. The van der Waals surface area contributed by atoms with Gasteiger partial charge >= 0.3 is 12.0 Å². The quantitative estimate of drug-likeness (QED) is 0.748. The van der Waals surface area contributed by atoms with E-state index < -0.39 is 22.8 Å². The van der Waals surface area contributed by atoms with Crippen LogP contribution in [-0.2, 0) is 10.8 Å². The largest absolute Gasteiger partial charge is 0.478 e.